The van der Waals surface area contributed by atoms with Crippen molar-refractivity contribution in [2.24, 2.45) is 0 Å². The van der Waals surface area contributed by atoms with E-state index >= 15 is 0 Å². The van der Waals surface area contributed by atoms with Crippen LogP contribution in [-0.4, -0.2) is 10.8 Å². The zero-order chi connectivity index (χ0) is 22.8. The van der Waals surface area contributed by atoms with E-state index in [2.05, 4.69) is 25.8 Å². The van der Waals surface area contributed by atoms with Crippen LogP contribution >= 0.6 is 11.3 Å². The molecule has 0 unspecified atom stereocenters. The number of hydrogen-bond donors (Lipinski definition) is 0. The molecule has 0 radical (unpaired) electrons. The third kappa shape index (κ3) is 5.28. The van der Waals surface area contributed by atoms with Gasteiger partial charge < -0.3 is 0 Å². The standard InChI is InChI=1S/C24H19F3N2OS/c1-23(2,3)20-14-31-22(29-20)16-9-7-15(8-10-16)11-18(13-28)21(30)17-5-4-6-19(12-17)24(25,26)27/h4-12,14H,1-3H3/b18-11-. The first kappa shape index (κ1) is 22.4. The van der Waals surface area contributed by atoms with E-state index in [9.17, 15) is 23.2 Å². The van der Waals surface area contributed by atoms with E-state index < -0.39 is 17.5 Å². The van der Waals surface area contributed by atoms with Crippen LogP contribution in [-0.2, 0) is 11.6 Å². The van der Waals surface area contributed by atoms with Crippen LogP contribution in [0.3, 0.4) is 0 Å². The molecule has 3 rings (SSSR count). The molecule has 0 spiro atoms. The minimum absolute atomic E-state index is 0.0527. The third-order valence-electron chi connectivity index (χ3n) is 4.56. The van der Waals surface area contributed by atoms with Gasteiger partial charge in [0, 0.05) is 21.9 Å². The molecular formula is C24H19F3N2OS. The van der Waals surface area contributed by atoms with Crippen molar-refractivity contribution in [3.05, 3.63) is 81.9 Å². The van der Waals surface area contributed by atoms with E-state index in [0.29, 0.717) is 5.56 Å². The molecule has 0 saturated heterocycles. The van der Waals surface area contributed by atoms with Gasteiger partial charge in [-0.1, -0.05) is 57.2 Å². The van der Waals surface area contributed by atoms with E-state index in [1.54, 1.807) is 18.2 Å². The minimum atomic E-state index is -4.56. The monoisotopic (exact) mass is 440 g/mol. The van der Waals surface area contributed by atoms with Crippen molar-refractivity contribution in [2.75, 3.05) is 0 Å². The number of thiazole rings is 1. The summed E-state index contributed by atoms with van der Waals surface area (Å²) < 4.78 is 38.7. The predicted molar refractivity (Wildman–Crippen MR) is 116 cm³/mol. The van der Waals surface area contributed by atoms with Gasteiger partial charge in [0.05, 0.1) is 11.3 Å². The molecule has 7 heteroatoms. The summed E-state index contributed by atoms with van der Waals surface area (Å²) in [5.74, 6) is -0.757. The fourth-order valence-electron chi connectivity index (χ4n) is 2.78. The Morgan fingerprint density at radius 3 is 2.32 bits per heavy atom. The molecule has 0 aliphatic rings. The Balaban J connectivity index is 1.86. The van der Waals surface area contributed by atoms with Crippen LogP contribution in [0.5, 0.6) is 0 Å². The van der Waals surface area contributed by atoms with E-state index in [-0.39, 0.29) is 16.6 Å². The average molecular weight is 440 g/mol. The normalized spacial score (nSPS) is 12.5. The average Bonchev–Trinajstić information content (AvgIpc) is 3.22. The third-order valence-corrected chi connectivity index (χ3v) is 5.45. The first-order valence-electron chi connectivity index (χ1n) is 9.39. The zero-order valence-corrected chi connectivity index (χ0v) is 17.9. The number of benzene rings is 2. The molecule has 0 amide bonds. The maximum Gasteiger partial charge on any atom is 0.416 e. The second-order valence-corrected chi connectivity index (χ2v) is 8.85. The van der Waals surface area contributed by atoms with Gasteiger partial charge in [-0.15, -0.1) is 11.3 Å². The maximum atomic E-state index is 12.9. The van der Waals surface area contributed by atoms with Gasteiger partial charge >= 0.3 is 6.18 Å². The molecule has 1 heterocycles. The highest BCUT2D eigenvalue weighted by molar-refractivity contribution is 7.13. The highest BCUT2D eigenvalue weighted by Crippen LogP contribution is 2.31. The van der Waals surface area contributed by atoms with Crippen molar-refractivity contribution < 1.29 is 18.0 Å². The predicted octanol–water partition coefficient (Wildman–Crippen LogP) is 6.92. The Kier molecular flexibility index (Phi) is 6.14. The van der Waals surface area contributed by atoms with Crippen LogP contribution in [0, 0.1) is 11.3 Å². The summed E-state index contributed by atoms with van der Waals surface area (Å²) in [6.45, 7) is 6.26. The lowest BCUT2D eigenvalue weighted by Gasteiger charge is -2.14. The Hall–Kier alpha value is -3.24. The summed E-state index contributed by atoms with van der Waals surface area (Å²) in [6, 6.07) is 13.0. The number of allylic oxidation sites excluding steroid dienone is 1. The smallest absolute Gasteiger partial charge is 0.288 e. The van der Waals surface area contributed by atoms with Crippen LogP contribution in [0.1, 0.15) is 48.0 Å². The van der Waals surface area contributed by atoms with Crippen LogP contribution in [0.15, 0.2) is 59.5 Å². The number of halogens is 3. The summed E-state index contributed by atoms with van der Waals surface area (Å²) in [7, 11) is 0. The lowest BCUT2D eigenvalue weighted by Crippen LogP contribution is -2.11. The van der Waals surface area contributed by atoms with Gasteiger partial charge in [0.15, 0.2) is 0 Å². The zero-order valence-electron chi connectivity index (χ0n) is 17.1. The summed E-state index contributed by atoms with van der Waals surface area (Å²) in [6.07, 6.45) is -3.19. The molecule has 2 aromatic carbocycles. The molecule has 0 atom stereocenters. The Labute approximate surface area is 182 Å². The molecule has 0 bridgehead atoms. The molecule has 0 N–H and O–H groups in total. The van der Waals surface area contributed by atoms with Crippen molar-refractivity contribution in [1.29, 1.82) is 5.26 Å². The van der Waals surface area contributed by atoms with Crippen molar-refractivity contribution in [3.8, 4) is 16.6 Å². The van der Waals surface area contributed by atoms with E-state index in [4.69, 9.17) is 0 Å². The SMILES string of the molecule is CC(C)(C)c1csc(-c2ccc(/C=C(/C#N)C(=O)c3cccc(C(F)(F)F)c3)cc2)n1. The number of carbonyl (C=O) groups is 1. The van der Waals surface area contributed by atoms with Crippen LogP contribution in [0.25, 0.3) is 16.6 Å². The topological polar surface area (TPSA) is 53.8 Å². The molecule has 0 aliphatic heterocycles. The maximum absolute atomic E-state index is 12.9. The van der Waals surface area contributed by atoms with Gasteiger partial charge in [-0.05, 0) is 23.8 Å². The van der Waals surface area contributed by atoms with Gasteiger partial charge in [-0.3, -0.25) is 4.79 Å². The van der Waals surface area contributed by atoms with E-state index in [1.165, 1.54) is 23.5 Å². The fraction of sp³-hybridized carbons (Fsp3) is 0.208. The summed E-state index contributed by atoms with van der Waals surface area (Å²) in [5, 5.41) is 12.3. The number of alkyl halides is 3. The first-order chi connectivity index (χ1) is 14.5. The number of nitrogens with zero attached hydrogens (tertiary/aromatic N) is 2. The number of carbonyl (C=O) groups excluding carboxylic acids is 1. The van der Waals surface area contributed by atoms with Gasteiger partial charge in [0.2, 0.25) is 5.78 Å². The quantitative estimate of drug-likeness (QED) is 0.251. The molecule has 158 valence electrons. The Morgan fingerprint density at radius 1 is 1.10 bits per heavy atom. The molecule has 1 aromatic heterocycles. The molecule has 3 nitrogen and oxygen atoms in total. The van der Waals surface area contributed by atoms with Gasteiger partial charge in [-0.25, -0.2) is 4.98 Å². The fourth-order valence-corrected chi connectivity index (χ4v) is 3.83. The first-order valence-corrected chi connectivity index (χ1v) is 10.3. The van der Waals surface area contributed by atoms with Gasteiger partial charge in [0.25, 0.3) is 0 Å². The van der Waals surface area contributed by atoms with E-state index in [0.717, 1.165) is 34.5 Å². The van der Waals surface area contributed by atoms with Crippen molar-refractivity contribution in [3.63, 3.8) is 0 Å². The molecule has 3 aromatic rings. The number of rotatable bonds is 4. The minimum Gasteiger partial charge on any atom is -0.288 e. The lowest BCUT2D eigenvalue weighted by atomic mass is 9.93. The van der Waals surface area contributed by atoms with Gasteiger partial charge in [-0.2, -0.15) is 18.4 Å². The molecule has 0 aliphatic carbocycles. The number of hydrogen-bond acceptors (Lipinski definition) is 4. The molecule has 31 heavy (non-hydrogen) atoms. The number of Topliss-reactive ketones (excluding diaryl/α,β-unsaturated/α-hetero) is 1. The summed E-state index contributed by atoms with van der Waals surface area (Å²) >= 11 is 1.53. The second kappa shape index (κ2) is 8.48. The number of ketones is 1. The van der Waals surface area contributed by atoms with Crippen molar-refractivity contribution >= 4 is 23.2 Å². The summed E-state index contributed by atoms with van der Waals surface area (Å²) in [5.41, 5.74) is 1.08. The van der Waals surface area contributed by atoms with Crippen LogP contribution in [0.2, 0.25) is 0 Å². The largest absolute Gasteiger partial charge is 0.416 e. The van der Waals surface area contributed by atoms with E-state index in [1.807, 2.05) is 17.5 Å². The highest BCUT2D eigenvalue weighted by atomic mass is 32.1. The molecular weight excluding hydrogens is 421 g/mol. The Bertz CT molecular complexity index is 1180. The van der Waals surface area contributed by atoms with Crippen molar-refractivity contribution in [2.45, 2.75) is 32.4 Å². The van der Waals surface area contributed by atoms with Crippen LogP contribution < -0.4 is 0 Å². The Morgan fingerprint density at radius 2 is 1.77 bits per heavy atom. The van der Waals surface area contributed by atoms with Crippen LogP contribution in [0.4, 0.5) is 13.2 Å². The summed E-state index contributed by atoms with van der Waals surface area (Å²) in [4.78, 5) is 17.2. The number of nitriles is 1. The van der Waals surface area contributed by atoms with Crippen molar-refractivity contribution in [1.82, 2.24) is 4.98 Å². The molecule has 0 fully saturated rings. The highest BCUT2D eigenvalue weighted by Gasteiger charge is 2.31. The number of aromatic nitrogens is 1. The molecule has 0 saturated carbocycles. The lowest BCUT2D eigenvalue weighted by molar-refractivity contribution is -0.137. The second-order valence-electron chi connectivity index (χ2n) is 7.99. The van der Waals surface area contributed by atoms with Gasteiger partial charge in [0.1, 0.15) is 16.6 Å².